The van der Waals surface area contributed by atoms with Gasteiger partial charge < -0.3 is 9.64 Å². The average Bonchev–Trinajstić information content (AvgIpc) is 2.88. The van der Waals surface area contributed by atoms with Gasteiger partial charge in [-0.15, -0.1) is 0 Å². The maximum absolute atomic E-state index is 13.5. The van der Waals surface area contributed by atoms with Crippen molar-refractivity contribution in [2.45, 2.75) is 6.54 Å². The lowest BCUT2D eigenvalue weighted by Gasteiger charge is -2.36. The normalized spacial score (nSPS) is 14.4. The molecule has 1 fully saturated rings. The molecule has 0 radical (unpaired) electrons. The Morgan fingerprint density at radius 3 is 2.12 bits per heavy atom. The fraction of sp³-hybridized carbons (Fsp3) is 0.222. The van der Waals surface area contributed by atoms with Gasteiger partial charge in [-0.25, -0.2) is 9.97 Å². The van der Waals surface area contributed by atoms with Crippen LogP contribution in [0.4, 0.5) is 5.82 Å². The van der Waals surface area contributed by atoms with Crippen LogP contribution in [0.2, 0.25) is 0 Å². The SMILES string of the molecule is COc1ccc(C(=O)c2nc3ccccc3nc2N2CCN(Cc3ccccc3)CC2)cc1. The van der Waals surface area contributed by atoms with Gasteiger partial charge in [0.2, 0.25) is 5.78 Å². The third-order valence-electron chi connectivity index (χ3n) is 6.04. The summed E-state index contributed by atoms with van der Waals surface area (Å²) in [6.07, 6.45) is 0. The minimum absolute atomic E-state index is 0.127. The number of para-hydroxylation sites is 2. The van der Waals surface area contributed by atoms with Gasteiger partial charge in [-0.3, -0.25) is 9.69 Å². The first-order valence-corrected chi connectivity index (χ1v) is 11.2. The molecule has 6 nitrogen and oxygen atoms in total. The quantitative estimate of drug-likeness (QED) is 0.421. The summed E-state index contributed by atoms with van der Waals surface area (Å²) < 4.78 is 5.23. The van der Waals surface area contributed by atoms with Crippen molar-refractivity contribution in [1.82, 2.24) is 14.9 Å². The molecule has 1 aromatic heterocycles. The molecular formula is C27H26N4O2. The summed E-state index contributed by atoms with van der Waals surface area (Å²) in [7, 11) is 1.61. The maximum Gasteiger partial charge on any atom is 0.215 e. The maximum atomic E-state index is 13.5. The van der Waals surface area contributed by atoms with E-state index in [9.17, 15) is 4.79 Å². The highest BCUT2D eigenvalue weighted by atomic mass is 16.5. The minimum Gasteiger partial charge on any atom is -0.497 e. The van der Waals surface area contributed by atoms with Crippen LogP contribution in [0.25, 0.3) is 11.0 Å². The molecule has 6 heteroatoms. The van der Waals surface area contributed by atoms with E-state index in [-0.39, 0.29) is 5.78 Å². The number of methoxy groups -OCH3 is 1. The van der Waals surface area contributed by atoms with E-state index in [0.29, 0.717) is 22.8 Å². The molecule has 0 atom stereocenters. The Labute approximate surface area is 193 Å². The molecule has 0 aliphatic carbocycles. The monoisotopic (exact) mass is 438 g/mol. The van der Waals surface area contributed by atoms with E-state index in [0.717, 1.165) is 43.8 Å². The van der Waals surface area contributed by atoms with Crippen molar-refractivity contribution in [1.29, 1.82) is 0 Å². The number of fused-ring (bicyclic) bond motifs is 1. The Kier molecular flexibility index (Phi) is 6.00. The molecule has 0 bridgehead atoms. The van der Waals surface area contributed by atoms with Crippen molar-refractivity contribution in [3.63, 3.8) is 0 Å². The van der Waals surface area contributed by atoms with E-state index in [2.05, 4.69) is 34.1 Å². The van der Waals surface area contributed by atoms with Gasteiger partial charge in [0.15, 0.2) is 11.5 Å². The fourth-order valence-electron chi connectivity index (χ4n) is 4.20. The molecule has 1 aliphatic rings. The standard InChI is InChI=1S/C27H26N4O2/c1-33-22-13-11-21(12-14-22)26(32)25-27(29-24-10-6-5-9-23(24)28-25)31-17-15-30(16-18-31)19-20-7-3-2-4-8-20/h2-14H,15-19H2,1H3. The number of nitrogens with zero attached hydrogens (tertiary/aromatic N) is 4. The summed E-state index contributed by atoms with van der Waals surface area (Å²) in [6.45, 7) is 4.32. The van der Waals surface area contributed by atoms with Gasteiger partial charge in [0.1, 0.15) is 5.75 Å². The lowest BCUT2D eigenvalue weighted by molar-refractivity contribution is 0.103. The number of anilines is 1. The van der Waals surface area contributed by atoms with E-state index in [1.807, 2.05) is 30.3 Å². The number of hydrogen-bond acceptors (Lipinski definition) is 6. The van der Waals surface area contributed by atoms with Crippen LogP contribution >= 0.6 is 0 Å². The third-order valence-corrected chi connectivity index (χ3v) is 6.04. The van der Waals surface area contributed by atoms with Gasteiger partial charge in [0, 0.05) is 38.3 Å². The van der Waals surface area contributed by atoms with Crippen molar-refractivity contribution in [3.8, 4) is 5.75 Å². The topological polar surface area (TPSA) is 58.6 Å². The number of aromatic nitrogens is 2. The molecule has 166 valence electrons. The lowest BCUT2D eigenvalue weighted by atomic mass is 10.1. The van der Waals surface area contributed by atoms with Gasteiger partial charge >= 0.3 is 0 Å². The average molecular weight is 439 g/mol. The Hall–Kier alpha value is -3.77. The first-order chi connectivity index (χ1) is 16.2. The summed E-state index contributed by atoms with van der Waals surface area (Å²) in [5, 5.41) is 0. The summed E-state index contributed by atoms with van der Waals surface area (Å²) in [6, 6.07) is 25.4. The van der Waals surface area contributed by atoms with E-state index >= 15 is 0 Å². The highest BCUT2D eigenvalue weighted by Gasteiger charge is 2.25. The Bertz CT molecular complexity index is 1250. The van der Waals surface area contributed by atoms with Crippen molar-refractivity contribution in [2.75, 3.05) is 38.2 Å². The number of rotatable bonds is 6. The Balaban J connectivity index is 1.42. The summed E-state index contributed by atoms with van der Waals surface area (Å²) in [4.78, 5) is 27.8. The van der Waals surface area contributed by atoms with Gasteiger partial charge in [0.25, 0.3) is 0 Å². The largest absolute Gasteiger partial charge is 0.497 e. The number of ketones is 1. The zero-order chi connectivity index (χ0) is 22.6. The Morgan fingerprint density at radius 2 is 1.45 bits per heavy atom. The van der Waals surface area contributed by atoms with Gasteiger partial charge in [-0.2, -0.15) is 0 Å². The summed E-state index contributed by atoms with van der Waals surface area (Å²) >= 11 is 0. The van der Waals surface area contributed by atoms with E-state index < -0.39 is 0 Å². The summed E-state index contributed by atoms with van der Waals surface area (Å²) in [5.41, 5.74) is 3.80. The highest BCUT2D eigenvalue weighted by Crippen LogP contribution is 2.25. The lowest BCUT2D eigenvalue weighted by Crippen LogP contribution is -2.46. The molecule has 4 aromatic rings. The third kappa shape index (κ3) is 4.56. The highest BCUT2D eigenvalue weighted by molar-refractivity contribution is 6.11. The summed E-state index contributed by atoms with van der Waals surface area (Å²) in [5.74, 6) is 1.25. The second-order valence-electron chi connectivity index (χ2n) is 8.19. The van der Waals surface area contributed by atoms with Crippen LogP contribution < -0.4 is 9.64 Å². The minimum atomic E-state index is -0.127. The molecule has 0 spiro atoms. The number of ether oxygens (including phenoxy) is 1. The smallest absolute Gasteiger partial charge is 0.215 e. The second kappa shape index (κ2) is 9.38. The van der Waals surface area contributed by atoms with Crippen LogP contribution in [0, 0.1) is 0 Å². The van der Waals surface area contributed by atoms with Crippen molar-refractivity contribution in [3.05, 3.63) is 95.7 Å². The molecule has 2 heterocycles. The predicted octanol–water partition coefficient (Wildman–Crippen LogP) is 4.19. The van der Waals surface area contributed by atoms with E-state index in [4.69, 9.17) is 14.7 Å². The molecular weight excluding hydrogens is 412 g/mol. The Morgan fingerprint density at radius 1 is 0.818 bits per heavy atom. The van der Waals surface area contributed by atoms with E-state index in [1.54, 1.807) is 31.4 Å². The fourth-order valence-corrected chi connectivity index (χ4v) is 4.20. The second-order valence-corrected chi connectivity index (χ2v) is 8.19. The molecule has 0 N–H and O–H groups in total. The number of benzene rings is 3. The van der Waals surface area contributed by atoms with Crippen LogP contribution in [-0.2, 0) is 6.54 Å². The first kappa shape index (κ1) is 21.1. The van der Waals surface area contributed by atoms with Crippen LogP contribution in [0.5, 0.6) is 5.75 Å². The molecule has 33 heavy (non-hydrogen) atoms. The molecule has 1 saturated heterocycles. The number of hydrogen-bond donors (Lipinski definition) is 0. The molecule has 1 aliphatic heterocycles. The predicted molar refractivity (Wildman–Crippen MR) is 130 cm³/mol. The van der Waals surface area contributed by atoms with Crippen LogP contribution in [0.15, 0.2) is 78.9 Å². The van der Waals surface area contributed by atoms with Gasteiger partial charge in [-0.05, 0) is 42.0 Å². The molecule has 0 amide bonds. The number of carbonyl (C=O) groups excluding carboxylic acids is 1. The van der Waals surface area contributed by atoms with Crippen LogP contribution in [-0.4, -0.2) is 53.9 Å². The first-order valence-electron chi connectivity index (χ1n) is 11.2. The number of carbonyl (C=O) groups is 1. The van der Waals surface area contributed by atoms with Crippen molar-refractivity contribution in [2.24, 2.45) is 0 Å². The molecule has 5 rings (SSSR count). The molecule has 0 unspecified atom stereocenters. The van der Waals surface area contributed by atoms with E-state index in [1.165, 1.54) is 5.56 Å². The zero-order valence-electron chi connectivity index (χ0n) is 18.6. The molecule has 3 aromatic carbocycles. The number of piperazine rings is 1. The zero-order valence-corrected chi connectivity index (χ0v) is 18.6. The van der Waals surface area contributed by atoms with Gasteiger partial charge in [0.05, 0.1) is 18.1 Å². The van der Waals surface area contributed by atoms with Crippen molar-refractivity contribution >= 4 is 22.6 Å². The van der Waals surface area contributed by atoms with Crippen LogP contribution in [0.3, 0.4) is 0 Å². The van der Waals surface area contributed by atoms with Gasteiger partial charge in [-0.1, -0.05) is 42.5 Å². The van der Waals surface area contributed by atoms with Crippen molar-refractivity contribution < 1.29 is 9.53 Å². The van der Waals surface area contributed by atoms with Crippen LogP contribution in [0.1, 0.15) is 21.6 Å². The molecule has 0 saturated carbocycles.